The number of nitrogens with one attached hydrogen (secondary N) is 1. The molecule has 2 nitrogen and oxygen atoms in total. The van der Waals surface area contributed by atoms with E-state index in [1.807, 2.05) is 6.07 Å². The number of rotatable bonds is 4. The Morgan fingerprint density at radius 3 is 2.85 bits per heavy atom. The molecule has 1 N–H and O–H groups in total. The maximum absolute atomic E-state index is 13.6. The third kappa shape index (κ3) is 2.59. The largest absolute Gasteiger partial charge is 0.347 e. The van der Waals surface area contributed by atoms with Gasteiger partial charge in [0.2, 0.25) is 0 Å². The maximum atomic E-state index is 13.6. The molecule has 0 saturated carbocycles. The van der Waals surface area contributed by atoms with E-state index in [4.69, 9.17) is 0 Å². The highest BCUT2D eigenvalue weighted by atomic mass is 19.1. The van der Waals surface area contributed by atoms with Gasteiger partial charge in [-0.25, -0.2) is 4.39 Å². The van der Waals surface area contributed by atoms with Crippen LogP contribution in [0.1, 0.15) is 44.1 Å². The number of aryl methyl sites for hydroxylation is 1. The molecule has 1 aliphatic heterocycles. The lowest BCUT2D eigenvalue weighted by Gasteiger charge is -2.22. The molecule has 0 radical (unpaired) electrons. The number of nitrogens with zero attached hydrogens (tertiary/aromatic N) is 1. The minimum atomic E-state index is -0.134. The molecule has 20 heavy (non-hydrogen) atoms. The molecular weight excluding hydrogens is 251 g/mol. The van der Waals surface area contributed by atoms with Crippen LogP contribution in [-0.2, 0) is 6.54 Å². The molecular formula is C17H23FN2. The van der Waals surface area contributed by atoms with Crippen LogP contribution in [0.4, 0.5) is 4.39 Å². The number of benzene rings is 1. The minimum Gasteiger partial charge on any atom is -0.347 e. The fraction of sp³-hybridized carbons (Fsp3) is 0.529. The van der Waals surface area contributed by atoms with Crippen LogP contribution in [0.15, 0.2) is 24.4 Å². The van der Waals surface area contributed by atoms with Crippen molar-refractivity contribution in [3.05, 3.63) is 35.8 Å². The van der Waals surface area contributed by atoms with Crippen molar-refractivity contribution in [2.24, 2.45) is 0 Å². The van der Waals surface area contributed by atoms with Crippen LogP contribution in [0.25, 0.3) is 10.9 Å². The molecule has 0 aliphatic carbocycles. The van der Waals surface area contributed by atoms with E-state index in [1.165, 1.54) is 23.8 Å². The lowest BCUT2D eigenvalue weighted by Crippen LogP contribution is -2.26. The van der Waals surface area contributed by atoms with E-state index >= 15 is 0 Å². The zero-order valence-corrected chi connectivity index (χ0v) is 12.2. The van der Waals surface area contributed by atoms with Gasteiger partial charge in [-0.05, 0) is 62.0 Å². The monoisotopic (exact) mass is 274 g/mol. The van der Waals surface area contributed by atoms with E-state index in [2.05, 4.69) is 23.0 Å². The first-order chi connectivity index (χ1) is 9.79. The molecule has 2 aromatic rings. The van der Waals surface area contributed by atoms with Crippen molar-refractivity contribution in [3.8, 4) is 0 Å². The molecule has 0 spiro atoms. The summed E-state index contributed by atoms with van der Waals surface area (Å²) in [5.74, 6) is 0.484. The highest BCUT2D eigenvalue weighted by molar-refractivity contribution is 5.84. The first-order valence-electron chi connectivity index (χ1n) is 7.78. The second kappa shape index (κ2) is 5.96. The summed E-state index contributed by atoms with van der Waals surface area (Å²) in [5.41, 5.74) is 2.48. The zero-order chi connectivity index (χ0) is 13.9. The normalized spacial score (nSPS) is 16.9. The van der Waals surface area contributed by atoms with Gasteiger partial charge in [-0.2, -0.15) is 0 Å². The van der Waals surface area contributed by atoms with Crippen molar-refractivity contribution in [2.45, 2.75) is 45.1 Å². The Morgan fingerprint density at radius 1 is 1.30 bits per heavy atom. The van der Waals surface area contributed by atoms with E-state index in [0.717, 1.165) is 38.0 Å². The number of unbranched alkanes of at least 4 members (excludes halogenated alkanes) is 1. The second-order valence-corrected chi connectivity index (χ2v) is 5.82. The number of hydrogen-bond acceptors (Lipinski definition) is 1. The molecule has 0 bridgehead atoms. The quantitative estimate of drug-likeness (QED) is 0.890. The van der Waals surface area contributed by atoms with Gasteiger partial charge in [0.15, 0.2) is 0 Å². The third-order valence-electron chi connectivity index (χ3n) is 4.41. The van der Waals surface area contributed by atoms with Crippen LogP contribution in [0.5, 0.6) is 0 Å². The fourth-order valence-electron chi connectivity index (χ4n) is 3.27. The second-order valence-electron chi connectivity index (χ2n) is 5.82. The summed E-state index contributed by atoms with van der Waals surface area (Å²) in [6.45, 7) is 5.36. The first kappa shape index (κ1) is 13.6. The summed E-state index contributed by atoms with van der Waals surface area (Å²) in [6, 6.07) is 5.25. The Morgan fingerprint density at radius 2 is 2.10 bits per heavy atom. The van der Waals surface area contributed by atoms with E-state index in [1.54, 1.807) is 12.1 Å². The molecule has 0 amide bonds. The van der Waals surface area contributed by atoms with Crippen molar-refractivity contribution in [1.82, 2.24) is 9.88 Å². The predicted octanol–water partition coefficient (Wildman–Crippen LogP) is 4.05. The van der Waals surface area contributed by atoms with Gasteiger partial charge in [0.1, 0.15) is 5.82 Å². The highest BCUT2D eigenvalue weighted by Gasteiger charge is 2.20. The van der Waals surface area contributed by atoms with Gasteiger partial charge in [0, 0.05) is 18.1 Å². The SMILES string of the molecule is CCCCn1cc(C2CCNCC2)c2ccc(F)cc21. The van der Waals surface area contributed by atoms with Gasteiger partial charge in [-0.15, -0.1) is 0 Å². The van der Waals surface area contributed by atoms with Gasteiger partial charge in [-0.3, -0.25) is 0 Å². The third-order valence-corrected chi connectivity index (χ3v) is 4.41. The lowest BCUT2D eigenvalue weighted by atomic mass is 9.90. The van der Waals surface area contributed by atoms with Gasteiger partial charge >= 0.3 is 0 Å². The lowest BCUT2D eigenvalue weighted by molar-refractivity contribution is 0.461. The molecule has 1 saturated heterocycles. The standard InChI is InChI=1S/C17H23FN2/c1-2-3-10-20-12-16(13-6-8-19-9-7-13)15-5-4-14(18)11-17(15)20/h4-5,11-13,19H,2-3,6-10H2,1H3. The van der Waals surface area contributed by atoms with Crippen LogP contribution in [-0.4, -0.2) is 17.7 Å². The van der Waals surface area contributed by atoms with Crippen LogP contribution in [0.2, 0.25) is 0 Å². The predicted molar refractivity (Wildman–Crippen MR) is 81.6 cm³/mol. The molecule has 1 aromatic heterocycles. The Bertz CT molecular complexity index is 582. The number of aromatic nitrogens is 1. The molecule has 3 rings (SSSR count). The summed E-state index contributed by atoms with van der Waals surface area (Å²) in [4.78, 5) is 0. The highest BCUT2D eigenvalue weighted by Crippen LogP contribution is 2.33. The summed E-state index contributed by atoms with van der Waals surface area (Å²) < 4.78 is 15.8. The minimum absolute atomic E-state index is 0.134. The van der Waals surface area contributed by atoms with E-state index in [0.29, 0.717) is 5.92 Å². The topological polar surface area (TPSA) is 17.0 Å². The number of piperidine rings is 1. The van der Waals surface area contributed by atoms with Crippen LogP contribution >= 0.6 is 0 Å². The molecule has 1 fully saturated rings. The van der Waals surface area contributed by atoms with Crippen LogP contribution in [0, 0.1) is 5.82 Å². The van der Waals surface area contributed by atoms with Crippen LogP contribution < -0.4 is 5.32 Å². The molecule has 2 heterocycles. The summed E-state index contributed by atoms with van der Waals surface area (Å²) in [7, 11) is 0. The van der Waals surface area contributed by atoms with Crippen molar-refractivity contribution in [3.63, 3.8) is 0 Å². The number of hydrogen-bond donors (Lipinski definition) is 1. The number of halogens is 1. The Balaban J connectivity index is 2.02. The molecule has 3 heteroatoms. The average molecular weight is 274 g/mol. The molecule has 0 atom stereocenters. The Kier molecular flexibility index (Phi) is 4.06. The summed E-state index contributed by atoms with van der Waals surface area (Å²) in [5, 5.41) is 4.66. The first-order valence-corrected chi connectivity index (χ1v) is 7.78. The van der Waals surface area contributed by atoms with E-state index < -0.39 is 0 Å². The van der Waals surface area contributed by atoms with Crippen molar-refractivity contribution >= 4 is 10.9 Å². The Labute approximate surface area is 120 Å². The van der Waals surface area contributed by atoms with Crippen molar-refractivity contribution < 1.29 is 4.39 Å². The molecule has 108 valence electrons. The van der Waals surface area contributed by atoms with Gasteiger partial charge in [-0.1, -0.05) is 13.3 Å². The molecule has 1 aliphatic rings. The van der Waals surface area contributed by atoms with E-state index in [-0.39, 0.29) is 5.82 Å². The summed E-state index contributed by atoms with van der Waals surface area (Å²) >= 11 is 0. The number of fused-ring (bicyclic) bond motifs is 1. The maximum Gasteiger partial charge on any atom is 0.125 e. The fourth-order valence-corrected chi connectivity index (χ4v) is 3.27. The molecule has 1 aromatic carbocycles. The van der Waals surface area contributed by atoms with E-state index in [9.17, 15) is 4.39 Å². The van der Waals surface area contributed by atoms with Gasteiger partial charge in [0.05, 0.1) is 5.52 Å². The average Bonchev–Trinajstić information content (AvgIpc) is 2.84. The van der Waals surface area contributed by atoms with Gasteiger partial charge < -0.3 is 9.88 Å². The Hall–Kier alpha value is -1.35. The smallest absolute Gasteiger partial charge is 0.125 e. The summed E-state index contributed by atoms with van der Waals surface area (Å²) in [6.07, 6.45) is 6.95. The van der Waals surface area contributed by atoms with Crippen molar-refractivity contribution in [1.29, 1.82) is 0 Å². The van der Waals surface area contributed by atoms with Crippen molar-refractivity contribution in [2.75, 3.05) is 13.1 Å². The zero-order valence-electron chi connectivity index (χ0n) is 12.2. The van der Waals surface area contributed by atoms with Crippen LogP contribution in [0.3, 0.4) is 0 Å². The molecule has 0 unspecified atom stereocenters. The van der Waals surface area contributed by atoms with Gasteiger partial charge in [0.25, 0.3) is 0 Å².